The molecule has 6 aromatic rings. The van der Waals surface area contributed by atoms with Gasteiger partial charge in [0.1, 0.15) is 22.5 Å². The molecule has 0 fully saturated rings. The van der Waals surface area contributed by atoms with Crippen LogP contribution in [0.5, 0.6) is 0 Å². The highest BCUT2D eigenvalue weighted by Crippen LogP contribution is 2.35. The predicted octanol–water partition coefficient (Wildman–Crippen LogP) is 3.91. The largest absolute Gasteiger partial charge is 0.452 e. The van der Waals surface area contributed by atoms with Crippen LogP contribution < -0.4 is 20.3 Å². The summed E-state index contributed by atoms with van der Waals surface area (Å²) in [6.45, 7) is 1.62. The van der Waals surface area contributed by atoms with Crippen LogP contribution in [-0.4, -0.2) is 33.0 Å². The number of hydrogen-bond donors (Lipinski definition) is 1. The van der Waals surface area contributed by atoms with E-state index in [9.17, 15) is 18.8 Å². The summed E-state index contributed by atoms with van der Waals surface area (Å²) in [6, 6.07) is 19.9. The van der Waals surface area contributed by atoms with Gasteiger partial charge in [-0.1, -0.05) is 47.7 Å². The molecule has 3 aromatic carbocycles. The van der Waals surface area contributed by atoms with Gasteiger partial charge in [0.25, 0.3) is 11.5 Å². The Bertz CT molecular complexity index is 2110. The summed E-state index contributed by atoms with van der Waals surface area (Å²) in [6.07, 6.45) is 0. The molecule has 1 N–H and O–H groups in total. The minimum absolute atomic E-state index is 0.182. The van der Waals surface area contributed by atoms with Crippen LogP contribution in [-0.2, 0) is 9.59 Å². The average Bonchev–Trinajstić information content (AvgIpc) is 3.67. The summed E-state index contributed by atoms with van der Waals surface area (Å²) in [5.41, 5.74) is 2.72. The summed E-state index contributed by atoms with van der Waals surface area (Å²) in [4.78, 5) is 46.1. The van der Waals surface area contributed by atoms with Gasteiger partial charge in [0.2, 0.25) is 16.7 Å². The van der Waals surface area contributed by atoms with Gasteiger partial charge in [0.15, 0.2) is 5.76 Å². The fourth-order valence-electron chi connectivity index (χ4n) is 4.90. The molecular formula is C29H18FN5O4S. The molecule has 0 bridgehead atoms. The number of amides is 2. The van der Waals surface area contributed by atoms with Crippen LogP contribution in [0.15, 0.2) is 82.0 Å². The fourth-order valence-corrected chi connectivity index (χ4v) is 5.90. The number of carbonyl (C=O) groups excluding carboxylic acids is 2. The van der Waals surface area contributed by atoms with E-state index >= 15 is 0 Å². The maximum atomic E-state index is 13.6. The number of hydrogen-bond acceptors (Lipinski definition) is 7. The quantitative estimate of drug-likeness (QED) is 0.356. The number of nitrogens with zero attached hydrogens (tertiary/aromatic N) is 4. The van der Waals surface area contributed by atoms with Crippen molar-refractivity contribution in [2.75, 3.05) is 16.8 Å². The summed E-state index contributed by atoms with van der Waals surface area (Å²) in [5, 5.41) is 8.01. The number of halogens is 1. The maximum Gasteiger partial charge on any atom is 0.291 e. The topological polar surface area (TPSA) is 110 Å². The van der Waals surface area contributed by atoms with Crippen molar-refractivity contribution in [3.8, 4) is 11.6 Å². The van der Waals surface area contributed by atoms with Crippen LogP contribution in [0.25, 0.3) is 33.1 Å². The van der Waals surface area contributed by atoms with Crippen LogP contribution in [0.3, 0.4) is 0 Å². The molecule has 0 spiro atoms. The standard InChI is InChI=1S/C29H18FN5O4S/c1-15-18-6-3-5-9-21(18)39-24(15)26-32-29-35(33-26)28(38)25(40-29)23-19-7-2-4-8-20(19)34(27(23)37)14-22(36)31-17-12-10-16(30)11-13-17/h2-13H,14H2,1H3,(H,31,36)/b25-23-. The molecule has 0 radical (unpaired) electrons. The van der Waals surface area contributed by atoms with Crippen molar-refractivity contribution in [3.63, 3.8) is 0 Å². The third-order valence-electron chi connectivity index (χ3n) is 6.78. The lowest BCUT2D eigenvalue weighted by Crippen LogP contribution is -2.37. The number of nitrogens with one attached hydrogen (secondary N) is 1. The monoisotopic (exact) mass is 551 g/mol. The second kappa shape index (κ2) is 8.95. The third-order valence-corrected chi connectivity index (χ3v) is 7.81. The summed E-state index contributed by atoms with van der Waals surface area (Å²) >= 11 is 1.06. The Hall–Kier alpha value is -5.16. The number of rotatable bonds is 4. The minimum atomic E-state index is -0.483. The van der Waals surface area contributed by atoms with Gasteiger partial charge < -0.3 is 9.73 Å². The van der Waals surface area contributed by atoms with Crippen molar-refractivity contribution in [2.24, 2.45) is 0 Å². The van der Waals surface area contributed by atoms with Crippen molar-refractivity contribution in [1.82, 2.24) is 14.6 Å². The van der Waals surface area contributed by atoms with Crippen molar-refractivity contribution in [3.05, 3.63) is 105 Å². The average molecular weight is 552 g/mol. The number of para-hydroxylation sites is 2. The van der Waals surface area contributed by atoms with Gasteiger partial charge in [0.05, 0.1) is 11.3 Å². The first kappa shape index (κ1) is 23.9. The van der Waals surface area contributed by atoms with Crippen molar-refractivity contribution in [2.45, 2.75) is 6.92 Å². The molecule has 0 saturated heterocycles. The molecule has 1 aliphatic rings. The van der Waals surface area contributed by atoms with E-state index in [1.807, 2.05) is 31.2 Å². The van der Waals surface area contributed by atoms with E-state index in [0.29, 0.717) is 33.2 Å². The number of carbonyl (C=O) groups is 2. The molecule has 0 saturated carbocycles. The van der Waals surface area contributed by atoms with E-state index in [1.54, 1.807) is 24.3 Å². The lowest BCUT2D eigenvalue weighted by molar-refractivity contribution is -0.118. The van der Waals surface area contributed by atoms with E-state index in [2.05, 4.69) is 15.4 Å². The molecule has 0 atom stereocenters. The van der Waals surface area contributed by atoms with Gasteiger partial charge >= 0.3 is 0 Å². The molecule has 0 unspecified atom stereocenters. The number of anilines is 2. The second-order valence-electron chi connectivity index (χ2n) is 9.26. The first-order valence-electron chi connectivity index (χ1n) is 12.3. The molecule has 2 amide bonds. The first-order chi connectivity index (χ1) is 19.4. The van der Waals surface area contributed by atoms with Gasteiger partial charge in [-0.05, 0) is 43.3 Å². The summed E-state index contributed by atoms with van der Waals surface area (Å²) in [5.74, 6) is -0.611. The van der Waals surface area contributed by atoms with E-state index in [1.165, 1.54) is 33.7 Å². The van der Waals surface area contributed by atoms with Crippen molar-refractivity contribution >= 4 is 56.0 Å². The molecule has 7 rings (SSSR count). The zero-order chi connectivity index (χ0) is 27.5. The number of aryl methyl sites for hydroxylation is 1. The van der Waals surface area contributed by atoms with Crippen LogP contribution in [0.4, 0.5) is 15.8 Å². The van der Waals surface area contributed by atoms with Gasteiger partial charge in [0, 0.05) is 22.2 Å². The van der Waals surface area contributed by atoms with Crippen molar-refractivity contribution in [1.29, 1.82) is 0 Å². The number of benzene rings is 3. The molecule has 0 aliphatic carbocycles. The number of thiazole rings is 1. The Morgan fingerprint density at radius 3 is 2.55 bits per heavy atom. The molecule has 1 aliphatic heterocycles. The zero-order valence-corrected chi connectivity index (χ0v) is 21.7. The van der Waals surface area contributed by atoms with Gasteiger partial charge in [-0.2, -0.15) is 9.50 Å². The van der Waals surface area contributed by atoms with Crippen molar-refractivity contribution < 1.29 is 18.4 Å². The Kier molecular flexibility index (Phi) is 5.35. The normalized spacial score (nSPS) is 14.3. The molecule has 9 nitrogen and oxygen atoms in total. The van der Waals surface area contributed by atoms with E-state index < -0.39 is 23.2 Å². The van der Waals surface area contributed by atoms with E-state index in [4.69, 9.17) is 4.42 Å². The second-order valence-corrected chi connectivity index (χ2v) is 10.2. The Labute approximate surface area is 228 Å². The third kappa shape index (κ3) is 3.70. The van der Waals surface area contributed by atoms with Gasteiger partial charge in [-0.15, -0.1) is 5.10 Å². The van der Waals surface area contributed by atoms with Crippen LogP contribution in [0.1, 0.15) is 11.1 Å². The smallest absolute Gasteiger partial charge is 0.291 e. The zero-order valence-electron chi connectivity index (χ0n) is 20.8. The highest BCUT2D eigenvalue weighted by molar-refractivity contribution is 7.15. The Balaban J connectivity index is 1.28. The van der Waals surface area contributed by atoms with Crippen LogP contribution in [0.2, 0.25) is 0 Å². The van der Waals surface area contributed by atoms with E-state index in [-0.39, 0.29) is 22.5 Å². The maximum absolute atomic E-state index is 13.6. The van der Waals surface area contributed by atoms with Gasteiger partial charge in [-0.25, -0.2) is 4.39 Å². The highest BCUT2D eigenvalue weighted by atomic mass is 32.1. The predicted molar refractivity (Wildman–Crippen MR) is 149 cm³/mol. The lowest BCUT2D eigenvalue weighted by atomic mass is 10.1. The highest BCUT2D eigenvalue weighted by Gasteiger charge is 2.35. The summed E-state index contributed by atoms with van der Waals surface area (Å²) < 4.78 is 20.5. The number of fused-ring (bicyclic) bond motifs is 3. The number of aromatic nitrogens is 3. The first-order valence-corrected chi connectivity index (χ1v) is 13.1. The molecule has 3 aromatic heterocycles. The Morgan fingerprint density at radius 1 is 1.02 bits per heavy atom. The SMILES string of the molecule is Cc1c(-c2nc3s/c(=C4\C(=O)N(CC(=O)Nc5ccc(F)cc5)c5ccccc54)c(=O)n3n2)oc2ccccc12. The number of furan rings is 1. The molecule has 196 valence electrons. The van der Waals surface area contributed by atoms with Crippen LogP contribution in [0, 0.1) is 12.7 Å². The molecule has 11 heteroatoms. The lowest BCUT2D eigenvalue weighted by Gasteiger charge is -2.16. The van der Waals surface area contributed by atoms with Crippen LogP contribution >= 0.6 is 11.3 Å². The summed E-state index contributed by atoms with van der Waals surface area (Å²) in [7, 11) is 0. The van der Waals surface area contributed by atoms with Gasteiger partial charge in [-0.3, -0.25) is 19.3 Å². The Morgan fingerprint density at radius 2 is 1.77 bits per heavy atom. The fraction of sp³-hybridized carbons (Fsp3) is 0.0690. The molecule has 4 heterocycles. The molecule has 40 heavy (non-hydrogen) atoms. The minimum Gasteiger partial charge on any atom is -0.452 e. The molecular weight excluding hydrogens is 533 g/mol. The van der Waals surface area contributed by atoms with E-state index in [0.717, 1.165) is 22.3 Å².